The number of rotatable bonds is 14. The van der Waals surface area contributed by atoms with Crippen LogP contribution in [0.5, 0.6) is 0 Å². The second-order valence-corrected chi connectivity index (χ2v) is 5.53. The third kappa shape index (κ3) is 14.0. The van der Waals surface area contributed by atoms with E-state index in [4.69, 9.17) is 0 Å². The number of hydrogen-bond acceptors (Lipinski definition) is 0. The number of halogens is 3. The molecule has 0 rings (SSSR count). The lowest BCUT2D eigenvalue weighted by Crippen LogP contribution is -2.11. The zero-order chi connectivity index (χ0) is 14.3. The van der Waals surface area contributed by atoms with Gasteiger partial charge in [0, 0.05) is 0 Å². The molecule has 3 heteroatoms. The number of alkyl halides is 3. The molecule has 116 valence electrons. The van der Waals surface area contributed by atoms with E-state index in [1.807, 2.05) is 0 Å². The van der Waals surface area contributed by atoms with Crippen LogP contribution in [-0.4, -0.2) is 12.6 Å². The second kappa shape index (κ2) is 14.2. The Morgan fingerprint density at radius 1 is 0.579 bits per heavy atom. The quantitative estimate of drug-likeness (QED) is 0.311. The minimum absolute atomic E-state index is 0.0229. The van der Waals surface area contributed by atoms with E-state index in [0.717, 1.165) is 12.8 Å². The van der Waals surface area contributed by atoms with Crippen LogP contribution in [0.3, 0.4) is 0 Å². The van der Waals surface area contributed by atoms with E-state index < -0.39 is 12.6 Å². The molecular formula is C16H31F3. The largest absolute Gasteiger partial charge is 0.269 e. The molecule has 0 aromatic heterocycles. The fourth-order valence-electron chi connectivity index (χ4n) is 2.31. The summed E-state index contributed by atoms with van der Waals surface area (Å²) in [6.07, 6.45) is 9.60. The Morgan fingerprint density at radius 2 is 0.947 bits per heavy atom. The number of hydrogen-bond donors (Lipinski definition) is 0. The predicted molar refractivity (Wildman–Crippen MR) is 76.6 cm³/mol. The van der Waals surface area contributed by atoms with Crippen LogP contribution < -0.4 is 0 Å². The lowest BCUT2D eigenvalue weighted by molar-refractivity contribution is 0.0440. The second-order valence-electron chi connectivity index (χ2n) is 5.53. The highest BCUT2D eigenvalue weighted by Crippen LogP contribution is 2.16. The van der Waals surface area contributed by atoms with Crippen LogP contribution in [0.2, 0.25) is 0 Å². The molecule has 0 saturated carbocycles. The zero-order valence-corrected chi connectivity index (χ0v) is 12.5. The van der Waals surface area contributed by atoms with Crippen LogP contribution in [0.1, 0.15) is 90.4 Å². The van der Waals surface area contributed by atoms with Crippen molar-refractivity contribution >= 4 is 0 Å². The van der Waals surface area contributed by atoms with Crippen molar-refractivity contribution < 1.29 is 13.2 Å². The molecule has 0 radical (unpaired) electrons. The highest BCUT2D eigenvalue weighted by molar-refractivity contribution is 4.58. The summed E-state index contributed by atoms with van der Waals surface area (Å²) in [4.78, 5) is 0. The molecule has 0 aromatic carbocycles. The first-order valence-electron chi connectivity index (χ1n) is 8.10. The fraction of sp³-hybridized carbons (Fsp3) is 1.00. The van der Waals surface area contributed by atoms with Crippen molar-refractivity contribution in [2.75, 3.05) is 0 Å². The van der Waals surface area contributed by atoms with E-state index in [1.54, 1.807) is 0 Å². The van der Waals surface area contributed by atoms with E-state index >= 15 is 0 Å². The van der Waals surface area contributed by atoms with Gasteiger partial charge in [-0.25, -0.2) is 13.2 Å². The third-order valence-corrected chi connectivity index (χ3v) is 3.61. The van der Waals surface area contributed by atoms with Gasteiger partial charge in [0.15, 0.2) is 6.17 Å². The van der Waals surface area contributed by atoms with Crippen molar-refractivity contribution in [1.29, 1.82) is 0 Å². The smallest absolute Gasteiger partial charge is 0.241 e. The first-order valence-corrected chi connectivity index (χ1v) is 8.10. The fourth-order valence-corrected chi connectivity index (χ4v) is 2.31. The molecular weight excluding hydrogens is 249 g/mol. The molecule has 0 bridgehead atoms. The van der Waals surface area contributed by atoms with Crippen LogP contribution in [0.4, 0.5) is 13.2 Å². The summed E-state index contributed by atoms with van der Waals surface area (Å²) in [6.45, 7) is 2.23. The van der Waals surface area contributed by atoms with Crippen LogP contribution in [0.15, 0.2) is 0 Å². The van der Waals surface area contributed by atoms with Gasteiger partial charge in [-0.05, 0) is 6.42 Å². The van der Waals surface area contributed by atoms with E-state index in [0.29, 0.717) is 6.42 Å². The maximum absolute atomic E-state index is 12.6. The molecule has 0 nitrogen and oxygen atoms in total. The lowest BCUT2D eigenvalue weighted by atomic mass is 10.0. The highest BCUT2D eigenvalue weighted by Gasteiger charge is 2.17. The summed E-state index contributed by atoms with van der Waals surface area (Å²) >= 11 is 0. The van der Waals surface area contributed by atoms with E-state index in [2.05, 4.69) is 6.92 Å². The summed E-state index contributed by atoms with van der Waals surface area (Å²) in [7, 11) is 0. The van der Waals surface area contributed by atoms with Crippen LogP contribution >= 0.6 is 0 Å². The Kier molecular flexibility index (Phi) is 14.0. The average molecular weight is 280 g/mol. The third-order valence-electron chi connectivity index (χ3n) is 3.61. The summed E-state index contributed by atoms with van der Waals surface area (Å²) < 4.78 is 36.3. The molecule has 0 heterocycles. The van der Waals surface area contributed by atoms with Gasteiger partial charge < -0.3 is 0 Å². The van der Waals surface area contributed by atoms with E-state index in [9.17, 15) is 13.2 Å². The number of unbranched alkanes of at least 4 members (excludes halogenated alkanes) is 11. The van der Waals surface area contributed by atoms with Crippen molar-refractivity contribution in [1.82, 2.24) is 0 Å². The van der Waals surface area contributed by atoms with Gasteiger partial charge in [-0.15, -0.1) is 0 Å². The summed E-state index contributed by atoms with van der Waals surface area (Å²) in [5, 5.41) is 0. The summed E-state index contributed by atoms with van der Waals surface area (Å²) in [5.41, 5.74) is 0. The van der Waals surface area contributed by atoms with Gasteiger partial charge in [0.25, 0.3) is 6.43 Å². The molecule has 0 N–H and O–H groups in total. The lowest BCUT2D eigenvalue weighted by Gasteiger charge is -2.06. The molecule has 0 aliphatic heterocycles. The Labute approximate surface area is 117 Å². The topological polar surface area (TPSA) is 0 Å². The molecule has 0 aromatic rings. The Hall–Kier alpha value is -0.210. The monoisotopic (exact) mass is 280 g/mol. The molecule has 0 spiro atoms. The molecule has 0 aliphatic carbocycles. The molecule has 1 atom stereocenters. The maximum atomic E-state index is 12.6. The van der Waals surface area contributed by atoms with Crippen molar-refractivity contribution in [2.45, 2.75) is 103 Å². The molecule has 1 unspecified atom stereocenters. The molecule has 0 amide bonds. The normalized spacial score (nSPS) is 13.1. The van der Waals surface area contributed by atoms with Gasteiger partial charge in [-0.2, -0.15) is 0 Å². The van der Waals surface area contributed by atoms with Gasteiger partial charge in [0.2, 0.25) is 0 Å². The molecule has 0 saturated heterocycles. The van der Waals surface area contributed by atoms with Gasteiger partial charge in [0.05, 0.1) is 0 Å². The van der Waals surface area contributed by atoms with Gasteiger partial charge >= 0.3 is 0 Å². The summed E-state index contributed by atoms with van der Waals surface area (Å²) in [5.74, 6) is 0. The van der Waals surface area contributed by atoms with E-state index in [-0.39, 0.29) is 6.42 Å². The first kappa shape index (κ1) is 18.8. The first-order chi connectivity index (χ1) is 9.18. The zero-order valence-electron chi connectivity index (χ0n) is 12.5. The standard InChI is InChI=1S/C16H31F3/c1-2-3-4-5-6-7-8-9-10-11-12-13-14-15(17)16(18)19/h15-16H,2-14H2,1H3. The van der Waals surface area contributed by atoms with Crippen molar-refractivity contribution in [3.8, 4) is 0 Å². The Balaban J connectivity index is 3.03. The average Bonchev–Trinajstić information content (AvgIpc) is 2.39. The predicted octanol–water partition coefficient (Wildman–Crippen LogP) is 6.68. The van der Waals surface area contributed by atoms with Gasteiger partial charge in [-0.1, -0.05) is 84.0 Å². The van der Waals surface area contributed by atoms with Gasteiger partial charge in [-0.3, -0.25) is 0 Å². The van der Waals surface area contributed by atoms with Gasteiger partial charge in [0.1, 0.15) is 0 Å². The van der Waals surface area contributed by atoms with Crippen LogP contribution in [0.25, 0.3) is 0 Å². The summed E-state index contributed by atoms with van der Waals surface area (Å²) in [6, 6.07) is 0. The Bertz CT molecular complexity index is 171. The van der Waals surface area contributed by atoms with Crippen molar-refractivity contribution in [3.05, 3.63) is 0 Å². The van der Waals surface area contributed by atoms with Crippen molar-refractivity contribution in [2.24, 2.45) is 0 Å². The minimum atomic E-state index is -2.80. The van der Waals surface area contributed by atoms with E-state index in [1.165, 1.54) is 57.8 Å². The van der Waals surface area contributed by atoms with Crippen LogP contribution in [-0.2, 0) is 0 Å². The molecule has 0 aliphatic rings. The minimum Gasteiger partial charge on any atom is -0.241 e. The molecule has 19 heavy (non-hydrogen) atoms. The highest BCUT2D eigenvalue weighted by atomic mass is 19.3. The Morgan fingerprint density at radius 3 is 1.32 bits per heavy atom. The molecule has 0 fully saturated rings. The van der Waals surface area contributed by atoms with Crippen LogP contribution in [0, 0.1) is 0 Å². The van der Waals surface area contributed by atoms with Crippen molar-refractivity contribution in [3.63, 3.8) is 0 Å². The SMILES string of the molecule is CCCCCCCCCCCCCCC(F)C(F)F. The maximum Gasteiger partial charge on any atom is 0.269 e.